The summed E-state index contributed by atoms with van der Waals surface area (Å²) in [5.41, 5.74) is 0.838. The van der Waals surface area contributed by atoms with Crippen LogP contribution in [0.2, 0.25) is 0 Å². The summed E-state index contributed by atoms with van der Waals surface area (Å²) in [4.78, 5) is 23.6. The van der Waals surface area contributed by atoms with Gasteiger partial charge in [-0.25, -0.2) is 9.59 Å². The van der Waals surface area contributed by atoms with Gasteiger partial charge in [-0.1, -0.05) is 23.8 Å². The molecule has 0 radical (unpaired) electrons. The van der Waals surface area contributed by atoms with Crippen LogP contribution >= 0.6 is 0 Å². The van der Waals surface area contributed by atoms with E-state index >= 15 is 0 Å². The summed E-state index contributed by atoms with van der Waals surface area (Å²) >= 11 is 0. The van der Waals surface area contributed by atoms with E-state index in [9.17, 15) is 9.59 Å². The van der Waals surface area contributed by atoms with Crippen LogP contribution in [-0.2, 0) is 4.79 Å². The summed E-state index contributed by atoms with van der Waals surface area (Å²) in [6.07, 6.45) is 1.40. The number of ether oxygens (including phenoxy) is 1. The Morgan fingerprint density at radius 3 is 2.50 bits per heavy atom. The number of fused-ring (bicyclic) bond motifs is 3. The molecule has 0 saturated carbocycles. The molecule has 3 aromatic rings. The van der Waals surface area contributed by atoms with E-state index in [1.807, 2.05) is 26.0 Å². The molecule has 0 saturated heterocycles. The lowest BCUT2D eigenvalue weighted by Crippen LogP contribution is -2.05. The fraction of sp³-hybridized carbons (Fsp3) is 0.111. The summed E-state index contributed by atoms with van der Waals surface area (Å²) < 4.78 is 10.5. The first-order valence-electron chi connectivity index (χ1n) is 6.87. The number of carbonyl (C=O) groups excluding carboxylic acids is 1. The second kappa shape index (κ2) is 5.48. The average Bonchev–Trinajstić information content (AvgIpc) is 2.46. The second-order valence-corrected chi connectivity index (χ2v) is 5.24. The number of benzene rings is 2. The van der Waals surface area contributed by atoms with Crippen molar-refractivity contribution in [1.82, 2.24) is 0 Å². The van der Waals surface area contributed by atoms with E-state index in [0.717, 1.165) is 16.3 Å². The van der Waals surface area contributed by atoms with Crippen molar-refractivity contribution in [2.75, 3.05) is 0 Å². The van der Waals surface area contributed by atoms with Gasteiger partial charge in [0.1, 0.15) is 11.3 Å². The molecule has 1 aromatic heterocycles. The van der Waals surface area contributed by atoms with Gasteiger partial charge < -0.3 is 9.15 Å². The van der Waals surface area contributed by atoms with E-state index in [4.69, 9.17) is 9.15 Å². The van der Waals surface area contributed by atoms with Crippen LogP contribution in [0.4, 0.5) is 0 Å². The lowest BCUT2D eigenvalue weighted by Gasteiger charge is -2.05. The van der Waals surface area contributed by atoms with Crippen molar-refractivity contribution in [3.05, 3.63) is 64.5 Å². The first kappa shape index (κ1) is 14.1. The highest BCUT2D eigenvalue weighted by Crippen LogP contribution is 2.26. The van der Waals surface area contributed by atoms with Crippen molar-refractivity contribution in [2.45, 2.75) is 13.8 Å². The van der Waals surface area contributed by atoms with Crippen LogP contribution in [0.15, 0.2) is 63.3 Å². The van der Waals surface area contributed by atoms with Gasteiger partial charge in [-0.15, -0.1) is 0 Å². The van der Waals surface area contributed by atoms with Crippen molar-refractivity contribution >= 4 is 27.7 Å². The molecule has 0 fully saturated rings. The van der Waals surface area contributed by atoms with Gasteiger partial charge in [0, 0.05) is 17.5 Å². The number of allylic oxidation sites excluding steroid dienone is 1. The SMILES string of the molecule is CC(C)=CC(=O)Oc1ccc2c(c1)oc(=O)c1ccccc12. The van der Waals surface area contributed by atoms with E-state index in [1.165, 1.54) is 6.08 Å². The molecule has 1 heterocycles. The minimum atomic E-state index is -0.456. The Balaban J connectivity index is 2.11. The highest BCUT2D eigenvalue weighted by molar-refractivity contribution is 6.04. The first-order chi connectivity index (χ1) is 10.5. The van der Waals surface area contributed by atoms with Crippen LogP contribution in [-0.4, -0.2) is 5.97 Å². The van der Waals surface area contributed by atoms with Crippen LogP contribution in [0.25, 0.3) is 21.7 Å². The molecule has 3 rings (SSSR count). The molecule has 110 valence electrons. The van der Waals surface area contributed by atoms with E-state index in [1.54, 1.807) is 30.3 Å². The van der Waals surface area contributed by atoms with Crippen molar-refractivity contribution in [3.8, 4) is 5.75 Å². The third kappa shape index (κ3) is 2.63. The molecule has 0 aliphatic heterocycles. The molecule has 0 bridgehead atoms. The highest BCUT2D eigenvalue weighted by Gasteiger charge is 2.09. The smallest absolute Gasteiger partial charge is 0.344 e. The van der Waals surface area contributed by atoms with Crippen molar-refractivity contribution in [1.29, 1.82) is 0 Å². The third-order valence-electron chi connectivity index (χ3n) is 3.22. The van der Waals surface area contributed by atoms with Gasteiger partial charge in [0.25, 0.3) is 0 Å². The van der Waals surface area contributed by atoms with Crippen LogP contribution < -0.4 is 10.4 Å². The van der Waals surface area contributed by atoms with Crippen molar-refractivity contribution < 1.29 is 13.9 Å². The Labute approximate surface area is 126 Å². The van der Waals surface area contributed by atoms with E-state index < -0.39 is 11.6 Å². The van der Waals surface area contributed by atoms with E-state index in [-0.39, 0.29) is 0 Å². The van der Waals surface area contributed by atoms with Crippen LogP contribution in [0.1, 0.15) is 13.8 Å². The Kier molecular flexibility index (Phi) is 3.51. The zero-order valence-corrected chi connectivity index (χ0v) is 12.3. The lowest BCUT2D eigenvalue weighted by atomic mass is 10.1. The van der Waals surface area contributed by atoms with Gasteiger partial charge in [-0.05, 0) is 37.4 Å². The molecular formula is C18H14O4. The lowest BCUT2D eigenvalue weighted by molar-refractivity contribution is -0.129. The van der Waals surface area contributed by atoms with Gasteiger partial charge in [-0.2, -0.15) is 0 Å². The average molecular weight is 294 g/mol. The summed E-state index contributed by atoms with van der Waals surface area (Å²) in [6.45, 7) is 3.62. The number of hydrogen-bond donors (Lipinski definition) is 0. The molecule has 4 heteroatoms. The zero-order chi connectivity index (χ0) is 15.7. The largest absolute Gasteiger partial charge is 0.423 e. The summed E-state index contributed by atoms with van der Waals surface area (Å²) in [5, 5.41) is 2.15. The number of esters is 1. The van der Waals surface area contributed by atoms with Crippen LogP contribution in [0, 0.1) is 0 Å². The maximum atomic E-state index is 12.0. The fourth-order valence-electron chi connectivity index (χ4n) is 2.31. The number of carbonyl (C=O) groups is 1. The predicted molar refractivity (Wildman–Crippen MR) is 85.1 cm³/mol. The van der Waals surface area contributed by atoms with Crippen LogP contribution in [0.5, 0.6) is 5.75 Å². The monoisotopic (exact) mass is 294 g/mol. The highest BCUT2D eigenvalue weighted by atomic mass is 16.5. The predicted octanol–water partition coefficient (Wildman–Crippen LogP) is 3.82. The molecule has 2 aromatic carbocycles. The van der Waals surface area contributed by atoms with Gasteiger partial charge in [-0.3, -0.25) is 0 Å². The minimum absolute atomic E-state index is 0.341. The molecule has 0 amide bonds. The number of hydrogen-bond acceptors (Lipinski definition) is 4. The molecule has 4 nitrogen and oxygen atoms in total. The molecule has 0 spiro atoms. The molecule has 0 N–H and O–H groups in total. The maximum Gasteiger partial charge on any atom is 0.344 e. The quantitative estimate of drug-likeness (QED) is 0.237. The summed E-state index contributed by atoms with van der Waals surface area (Å²) in [6, 6.07) is 12.3. The van der Waals surface area contributed by atoms with Gasteiger partial charge in [0.2, 0.25) is 0 Å². The van der Waals surface area contributed by atoms with Gasteiger partial charge in [0.15, 0.2) is 0 Å². The fourth-order valence-corrected chi connectivity index (χ4v) is 2.31. The Bertz CT molecular complexity index is 960. The van der Waals surface area contributed by atoms with Gasteiger partial charge >= 0.3 is 11.6 Å². The summed E-state index contributed by atoms with van der Waals surface area (Å²) in [5.74, 6) is -0.115. The third-order valence-corrected chi connectivity index (χ3v) is 3.22. The molecule has 0 atom stereocenters. The molecule has 0 unspecified atom stereocenters. The minimum Gasteiger partial charge on any atom is -0.423 e. The van der Waals surface area contributed by atoms with Crippen molar-refractivity contribution in [2.24, 2.45) is 0 Å². The normalized spacial score (nSPS) is 10.6. The molecule has 22 heavy (non-hydrogen) atoms. The standard InChI is InChI=1S/C18H14O4/c1-11(2)9-17(19)21-12-7-8-14-13-5-3-4-6-15(13)18(20)22-16(14)10-12/h3-10H,1-2H3. The van der Waals surface area contributed by atoms with E-state index in [0.29, 0.717) is 16.7 Å². The second-order valence-electron chi connectivity index (χ2n) is 5.24. The van der Waals surface area contributed by atoms with Crippen molar-refractivity contribution in [3.63, 3.8) is 0 Å². The first-order valence-corrected chi connectivity index (χ1v) is 6.87. The zero-order valence-electron chi connectivity index (χ0n) is 12.3. The molecule has 0 aliphatic carbocycles. The Morgan fingerprint density at radius 2 is 1.77 bits per heavy atom. The van der Waals surface area contributed by atoms with Crippen LogP contribution in [0.3, 0.4) is 0 Å². The Hall–Kier alpha value is -2.88. The molecule has 0 aliphatic rings. The maximum absolute atomic E-state index is 12.0. The topological polar surface area (TPSA) is 56.5 Å². The van der Waals surface area contributed by atoms with E-state index in [2.05, 4.69) is 0 Å². The van der Waals surface area contributed by atoms with Gasteiger partial charge in [0.05, 0.1) is 5.39 Å². The molecular weight excluding hydrogens is 280 g/mol. The number of rotatable bonds is 2. The summed E-state index contributed by atoms with van der Waals surface area (Å²) in [7, 11) is 0. The Morgan fingerprint density at radius 1 is 1.05 bits per heavy atom.